The molecular weight excluding hydrogens is 346 g/mol. The summed E-state index contributed by atoms with van der Waals surface area (Å²) in [6.45, 7) is 3.91. The number of nitrogens with one attached hydrogen (secondary N) is 2. The van der Waals surface area contributed by atoms with E-state index in [0.29, 0.717) is 5.92 Å². The molecule has 2 aromatic heterocycles. The van der Waals surface area contributed by atoms with E-state index in [1.54, 1.807) is 0 Å². The highest BCUT2D eigenvalue weighted by Crippen LogP contribution is 2.44. The van der Waals surface area contributed by atoms with Gasteiger partial charge in [0.05, 0.1) is 11.4 Å². The third-order valence-electron chi connectivity index (χ3n) is 5.06. The SMILES string of the molecule is Cc1cccc(Nc2cc(-c3cccc(C(C)N)n3)cc(C3CC3)c2C=N)n1. The Bertz CT molecular complexity index is 1020. The molecule has 0 saturated heterocycles. The van der Waals surface area contributed by atoms with Gasteiger partial charge in [0, 0.05) is 34.8 Å². The van der Waals surface area contributed by atoms with Gasteiger partial charge in [-0.3, -0.25) is 4.98 Å². The zero-order chi connectivity index (χ0) is 19.7. The maximum Gasteiger partial charge on any atom is 0.130 e. The number of anilines is 2. The van der Waals surface area contributed by atoms with Crippen molar-refractivity contribution in [2.24, 2.45) is 5.73 Å². The molecule has 5 nitrogen and oxygen atoms in total. The third-order valence-corrected chi connectivity index (χ3v) is 5.06. The van der Waals surface area contributed by atoms with Gasteiger partial charge in [-0.25, -0.2) is 4.98 Å². The van der Waals surface area contributed by atoms with E-state index in [9.17, 15) is 0 Å². The van der Waals surface area contributed by atoms with Gasteiger partial charge >= 0.3 is 0 Å². The van der Waals surface area contributed by atoms with Crippen LogP contribution in [0.25, 0.3) is 11.3 Å². The Balaban J connectivity index is 1.82. The first-order valence-corrected chi connectivity index (χ1v) is 9.67. The number of benzene rings is 1. The van der Waals surface area contributed by atoms with Crippen molar-refractivity contribution in [1.82, 2.24) is 9.97 Å². The zero-order valence-electron chi connectivity index (χ0n) is 16.2. The van der Waals surface area contributed by atoms with E-state index in [4.69, 9.17) is 16.1 Å². The summed E-state index contributed by atoms with van der Waals surface area (Å²) in [5.74, 6) is 1.29. The molecule has 4 rings (SSSR count). The summed E-state index contributed by atoms with van der Waals surface area (Å²) >= 11 is 0. The molecular formula is C23H25N5. The fraction of sp³-hybridized carbons (Fsp3) is 0.261. The van der Waals surface area contributed by atoms with Gasteiger partial charge in [-0.05, 0) is 74.6 Å². The average molecular weight is 371 g/mol. The highest BCUT2D eigenvalue weighted by molar-refractivity contribution is 5.92. The molecule has 5 heteroatoms. The van der Waals surface area contributed by atoms with Crippen LogP contribution >= 0.6 is 0 Å². The largest absolute Gasteiger partial charge is 0.340 e. The molecule has 28 heavy (non-hydrogen) atoms. The average Bonchev–Trinajstić information content (AvgIpc) is 3.53. The van der Waals surface area contributed by atoms with Crippen LogP contribution in [0, 0.1) is 12.3 Å². The molecule has 1 aliphatic carbocycles. The lowest BCUT2D eigenvalue weighted by molar-refractivity contribution is 0.782. The van der Waals surface area contributed by atoms with Gasteiger partial charge in [-0.2, -0.15) is 0 Å². The third kappa shape index (κ3) is 3.80. The minimum absolute atomic E-state index is 0.113. The summed E-state index contributed by atoms with van der Waals surface area (Å²) in [6.07, 6.45) is 3.78. The summed E-state index contributed by atoms with van der Waals surface area (Å²) in [4.78, 5) is 9.31. The van der Waals surface area contributed by atoms with Gasteiger partial charge in [0.25, 0.3) is 0 Å². The molecule has 0 spiro atoms. The first-order chi connectivity index (χ1) is 13.5. The normalized spacial score (nSPS) is 14.5. The molecule has 1 aliphatic rings. The van der Waals surface area contributed by atoms with E-state index >= 15 is 0 Å². The minimum atomic E-state index is -0.113. The van der Waals surface area contributed by atoms with Crippen molar-refractivity contribution in [3.8, 4) is 11.3 Å². The van der Waals surface area contributed by atoms with E-state index in [2.05, 4.69) is 22.4 Å². The van der Waals surface area contributed by atoms with Gasteiger partial charge in [0.2, 0.25) is 0 Å². The minimum Gasteiger partial charge on any atom is -0.340 e. The number of aryl methyl sites for hydroxylation is 1. The Kier molecular flexibility index (Phi) is 4.92. The molecule has 142 valence electrons. The summed E-state index contributed by atoms with van der Waals surface area (Å²) in [5, 5.41) is 11.4. The van der Waals surface area contributed by atoms with E-state index in [1.165, 1.54) is 24.6 Å². The van der Waals surface area contributed by atoms with Gasteiger partial charge < -0.3 is 16.5 Å². The molecule has 0 aliphatic heterocycles. The quantitative estimate of drug-likeness (QED) is 0.527. The number of rotatable bonds is 6. The Hall–Kier alpha value is -3.05. The first-order valence-electron chi connectivity index (χ1n) is 9.67. The number of hydrogen-bond donors (Lipinski definition) is 3. The summed E-state index contributed by atoms with van der Waals surface area (Å²) in [6, 6.07) is 16.0. The van der Waals surface area contributed by atoms with Gasteiger partial charge in [0.15, 0.2) is 0 Å². The predicted octanol–water partition coefficient (Wildman–Crippen LogP) is 5.09. The van der Waals surface area contributed by atoms with Crippen LogP contribution in [-0.2, 0) is 0 Å². The maximum atomic E-state index is 8.00. The van der Waals surface area contributed by atoms with E-state index in [0.717, 1.165) is 39.7 Å². The lowest BCUT2D eigenvalue weighted by Crippen LogP contribution is -2.07. The number of aromatic nitrogens is 2. The van der Waals surface area contributed by atoms with Gasteiger partial charge in [0.1, 0.15) is 5.82 Å². The second-order valence-electron chi connectivity index (χ2n) is 7.47. The second kappa shape index (κ2) is 7.52. The van der Waals surface area contributed by atoms with E-state index in [-0.39, 0.29) is 6.04 Å². The molecule has 4 N–H and O–H groups in total. The lowest BCUT2D eigenvalue weighted by atomic mass is 9.96. The maximum absolute atomic E-state index is 8.00. The topological polar surface area (TPSA) is 87.7 Å². The number of hydrogen-bond acceptors (Lipinski definition) is 5. The van der Waals surface area contributed by atoms with Crippen LogP contribution in [0.5, 0.6) is 0 Å². The van der Waals surface area contributed by atoms with Crippen LogP contribution < -0.4 is 11.1 Å². The van der Waals surface area contributed by atoms with Crippen molar-refractivity contribution < 1.29 is 0 Å². The highest BCUT2D eigenvalue weighted by atomic mass is 15.0. The fourth-order valence-corrected chi connectivity index (χ4v) is 3.44. The molecule has 1 aromatic carbocycles. The number of nitrogens with two attached hydrogens (primary N) is 1. The van der Waals surface area contributed by atoms with Crippen molar-refractivity contribution in [3.63, 3.8) is 0 Å². The number of nitrogens with zero attached hydrogens (tertiary/aromatic N) is 2. The van der Waals surface area contributed by atoms with Crippen molar-refractivity contribution in [2.45, 2.75) is 38.6 Å². The van der Waals surface area contributed by atoms with Gasteiger partial charge in [-0.1, -0.05) is 12.1 Å². The second-order valence-corrected chi connectivity index (χ2v) is 7.47. The van der Waals surface area contributed by atoms with Gasteiger partial charge in [-0.15, -0.1) is 0 Å². The van der Waals surface area contributed by atoms with Crippen molar-refractivity contribution >= 4 is 17.7 Å². The van der Waals surface area contributed by atoms with Crippen LogP contribution in [0.2, 0.25) is 0 Å². The zero-order valence-corrected chi connectivity index (χ0v) is 16.2. The Morgan fingerprint density at radius 1 is 1.14 bits per heavy atom. The fourth-order valence-electron chi connectivity index (χ4n) is 3.44. The monoisotopic (exact) mass is 371 g/mol. The molecule has 1 atom stereocenters. The van der Waals surface area contributed by atoms with Crippen molar-refractivity contribution in [1.29, 1.82) is 5.41 Å². The van der Waals surface area contributed by atoms with Crippen LogP contribution in [0.3, 0.4) is 0 Å². The Morgan fingerprint density at radius 2 is 1.93 bits per heavy atom. The number of pyridine rings is 2. The van der Waals surface area contributed by atoms with Crippen LogP contribution in [0.4, 0.5) is 11.5 Å². The Morgan fingerprint density at radius 3 is 2.61 bits per heavy atom. The lowest BCUT2D eigenvalue weighted by Gasteiger charge is -2.16. The van der Waals surface area contributed by atoms with Crippen molar-refractivity contribution in [2.75, 3.05) is 5.32 Å². The van der Waals surface area contributed by atoms with Crippen LogP contribution in [0.15, 0.2) is 48.5 Å². The van der Waals surface area contributed by atoms with Crippen LogP contribution in [-0.4, -0.2) is 16.2 Å². The molecule has 0 radical (unpaired) electrons. The standard InChI is InChI=1S/C23H25N5/c1-14-5-3-8-23(26-14)28-22-12-17(11-18(16-9-10-16)19(22)13-24)21-7-4-6-20(27-21)15(2)25/h3-8,11-13,15-16,24H,9-10,25H2,1-2H3,(H,26,28). The first kappa shape index (κ1) is 18.3. The van der Waals surface area contributed by atoms with E-state index < -0.39 is 0 Å². The molecule has 1 saturated carbocycles. The molecule has 3 aromatic rings. The Labute approximate surface area is 165 Å². The molecule has 2 heterocycles. The summed E-state index contributed by atoms with van der Waals surface area (Å²) < 4.78 is 0. The molecule has 0 amide bonds. The predicted molar refractivity (Wildman–Crippen MR) is 114 cm³/mol. The van der Waals surface area contributed by atoms with Crippen LogP contribution in [0.1, 0.15) is 54.2 Å². The summed E-state index contributed by atoms with van der Waals surface area (Å²) in [5.41, 5.74) is 12.8. The van der Waals surface area contributed by atoms with E-state index in [1.807, 2.05) is 50.2 Å². The summed E-state index contributed by atoms with van der Waals surface area (Å²) in [7, 11) is 0. The smallest absolute Gasteiger partial charge is 0.130 e. The molecule has 1 unspecified atom stereocenters. The molecule has 1 fully saturated rings. The molecule has 0 bridgehead atoms. The highest BCUT2D eigenvalue weighted by Gasteiger charge is 2.28. The van der Waals surface area contributed by atoms with Crippen molar-refractivity contribution in [3.05, 3.63) is 71.0 Å².